The normalized spacial score (nSPS) is 14.0. The van der Waals surface area contributed by atoms with E-state index < -0.39 is 11.0 Å². The number of anilines is 2. The van der Waals surface area contributed by atoms with Gasteiger partial charge in [0.15, 0.2) is 0 Å². The smallest absolute Gasteiger partial charge is 0.269 e. The van der Waals surface area contributed by atoms with Gasteiger partial charge in [0.05, 0.1) is 22.4 Å². The third-order valence-electron chi connectivity index (χ3n) is 5.64. The molecule has 1 aliphatic rings. The number of amides is 2. The summed E-state index contributed by atoms with van der Waals surface area (Å²) in [5.41, 5.74) is 2.72. The summed E-state index contributed by atoms with van der Waals surface area (Å²) in [6.45, 7) is 3.82. The van der Waals surface area contributed by atoms with Crippen molar-refractivity contribution in [1.82, 2.24) is 15.1 Å². The largest absolute Gasteiger partial charge is 0.371 e. The Labute approximate surface area is 196 Å². The average Bonchev–Trinajstić information content (AvgIpc) is 3.52. The standard InChI is InChI=1S/C24H26N6O4/c1-17(13-23(31)27-19-5-4-6-22(14-19)28-11-2-3-12-28)26-24(32)18-15-25-29(16-18)20-7-9-21(10-8-20)30(33)34/h4-10,14-17H,2-3,11-13H2,1H3,(H,26,32)(H,27,31). The maximum Gasteiger partial charge on any atom is 0.269 e. The Morgan fingerprint density at radius 2 is 1.85 bits per heavy atom. The molecule has 176 valence electrons. The van der Waals surface area contributed by atoms with Crippen molar-refractivity contribution in [2.45, 2.75) is 32.2 Å². The minimum absolute atomic E-state index is 0.0243. The Morgan fingerprint density at radius 3 is 2.56 bits per heavy atom. The summed E-state index contributed by atoms with van der Waals surface area (Å²) in [4.78, 5) is 37.7. The Bertz CT molecular complexity index is 1180. The molecule has 0 spiro atoms. The SMILES string of the molecule is CC(CC(=O)Nc1cccc(N2CCCC2)c1)NC(=O)c1cnn(-c2ccc([N+](=O)[O-])cc2)c1. The van der Waals surface area contributed by atoms with E-state index in [-0.39, 0.29) is 23.9 Å². The fourth-order valence-electron chi connectivity index (χ4n) is 3.91. The zero-order valence-electron chi connectivity index (χ0n) is 18.8. The maximum atomic E-state index is 12.6. The van der Waals surface area contributed by atoms with Gasteiger partial charge in [-0.25, -0.2) is 4.68 Å². The maximum absolute atomic E-state index is 12.6. The van der Waals surface area contributed by atoms with Gasteiger partial charge >= 0.3 is 0 Å². The molecule has 1 atom stereocenters. The Balaban J connectivity index is 1.30. The first-order valence-electron chi connectivity index (χ1n) is 11.1. The number of carbonyl (C=O) groups excluding carboxylic acids is 2. The summed E-state index contributed by atoms with van der Waals surface area (Å²) in [7, 11) is 0. The second-order valence-corrected chi connectivity index (χ2v) is 8.32. The molecule has 1 aliphatic heterocycles. The summed E-state index contributed by atoms with van der Waals surface area (Å²) in [5, 5.41) is 20.7. The van der Waals surface area contributed by atoms with Crippen molar-refractivity contribution in [2.24, 2.45) is 0 Å². The van der Waals surface area contributed by atoms with Crippen LogP contribution >= 0.6 is 0 Å². The van der Waals surface area contributed by atoms with Crippen LogP contribution in [0, 0.1) is 10.1 Å². The van der Waals surface area contributed by atoms with Crippen LogP contribution in [0.3, 0.4) is 0 Å². The lowest BCUT2D eigenvalue weighted by Crippen LogP contribution is -2.35. The number of benzene rings is 2. The van der Waals surface area contributed by atoms with E-state index >= 15 is 0 Å². The second-order valence-electron chi connectivity index (χ2n) is 8.32. The number of nitro benzene ring substituents is 1. The van der Waals surface area contributed by atoms with E-state index in [1.54, 1.807) is 19.1 Å². The highest BCUT2D eigenvalue weighted by Gasteiger charge is 2.17. The third kappa shape index (κ3) is 5.58. The number of rotatable bonds is 8. The van der Waals surface area contributed by atoms with Crippen molar-refractivity contribution in [3.63, 3.8) is 0 Å². The molecule has 1 unspecified atom stereocenters. The van der Waals surface area contributed by atoms with E-state index in [0.717, 1.165) is 24.5 Å². The number of non-ortho nitro benzene ring substituents is 1. The molecule has 1 saturated heterocycles. The highest BCUT2D eigenvalue weighted by molar-refractivity contribution is 5.95. The van der Waals surface area contributed by atoms with Gasteiger partial charge < -0.3 is 15.5 Å². The lowest BCUT2D eigenvalue weighted by atomic mass is 10.2. The molecule has 10 heteroatoms. The molecule has 3 aromatic rings. The number of hydrogen-bond donors (Lipinski definition) is 2. The van der Waals surface area contributed by atoms with Crippen molar-refractivity contribution < 1.29 is 14.5 Å². The van der Waals surface area contributed by atoms with Crippen LogP contribution in [0.15, 0.2) is 60.9 Å². The third-order valence-corrected chi connectivity index (χ3v) is 5.64. The molecular weight excluding hydrogens is 436 g/mol. The number of nitrogens with one attached hydrogen (secondary N) is 2. The predicted molar refractivity (Wildman–Crippen MR) is 128 cm³/mol. The van der Waals surface area contributed by atoms with Gasteiger partial charge in [0.25, 0.3) is 11.6 Å². The highest BCUT2D eigenvalue weighted by Crippen LogP contribution is 2.23. The molecule has 34 heavy (non-hydrogen) atoms. The van der Waals surface area contributed by atoms with Crippen LogP contribution in [0.2, 0.25) is 0 Å². The van der Waals surface area contributed by atoms with Gasteiger partial charge in [-0.1, -0.05) is 6.07 Å². The molecule has 2 N–H and O–H groups in total. The topological polar surface area (TPSA) is 122 Å². The van der Waals surface area contributed by atoms with Gasteiger partial charge in [-0.05, 0) is 50.1 Å². The number of aromatic nitrogens is 2. The molecule has 1 fully saturated rings. The van der Waals surface area contributed by atoms with E-state index in [0.29, 0.717) is 11.3 Å². The summed E-state index contributed by atoms with van der Waals surface area (Å²) < 4.78 is 1.46. The van der Waals surface area contributed by atoms with Crippen LogP contribution in [0.5, 0.6) is 0 Å². The zero-order chi connectivity index (χ0) is 24.1. The van der Waals surface area contributed by atoms with Gasteiger partial charge in [-0.3, -0.25) is 19.7 Å². The van der Waals surface area contributed by atoms with E-state index in [1.165, 1.54) is 42.0 Å². The molecule has 4 rings (SSSR count). The van der Waals surface area contributed by atoms with Gasteiger partial charge in [-0.15, -0.1) is 0 Å². The fraction of sp³-hybridized carbons (Fsp3) is 0.292. The lowest BCUT2D eigenvalue weighted by Gasteiger charge is -2.19. The summed E-state index contributed by atoms with van der Waals surface area (Å²) in [5.74, 6) is -0.544. The minimum Gasteiger partial charge on any atom is -0.371 e. The van der Waals surface area contributed by atoms with E-state index in [1.807, 2.05) is 24.3 Å². The average molecular weight is 463 g/mol. The van der Waals surface area contributed by atoms with Crippen molar-refractivity contribution in [3.8, 4) is 5.69 Å². The van der Waals surface area contributed by atoms with Crippen LogP contribution in [0.4, 0.5) is 17.1 Å². The van der Waals surface area contributed by atoms with Crippen LogP contribution in [-0.2, 0) is 4.79 Å². The molecule has 0 saturated carbocycles. The molecule has 1 aromatic heterocycles. The molecular formula is C24H26N6O4. The van der Waals surface area contributed by atoms with E-state index in [4.69, 9.17) is 0 Å². The van der Waals surface area contributed by atoms with Crippen molar-refractivity contribution >= 4 is 28.9 Å². The van der Waals surface area contributed by atoms with Crippen molar-refractivity contribution in [3.05, 3.63) is 76.6 Å². The minimum atomic E-state index is -0.479. The quantitative estimate of drug-likeness (QED) is 0.390. The predicted octanol–water partition coefficient (Wildman–Crippen LogP) is 3.53. The van der Waals surface area contributed by atoms with Crippen molar-refractivity contribution in [2.75, 3.05) is 23.3 Å². The van der Waals surface area contributed by atoms with Crippen molar-refractivity contribution in [1.29, 1.82) is 0 Å². The second kappa shape index (κ2) is 10.2. The molecule has 10 nitrogen and oxygen atoms in total. The molecule has 0 aliphatic carbocycles. The first kappa shape index (κ1) is 23.0. The van der Waals surface area contributed by atoms with Crippen LogP contribution in [-0.4, -0.2) is 45.6 Å². The summed E-state index contributed by atoms with van der Waals surface area (Å²) in [6.07, 6.45) is 5.43. The van der Waals surface area contributed by atoms with Crippen LogP contribution in [0.1, 0.15) is 36.5 Å². The van der Waals surface area contributed by atoms with Crippen LogP contribution < -0.4 is 15.5 Å². The first-order chi connectivity index (χ1) is 16.4. The Hall–Kier alpha value is -4.21. The van der Waals surface area contributed by atoms with E-state index in [2.05, 4.69) is 20.6 Å². The number of carbonyl (C=O) groups is 2. The van der Waals surface area contributed by atoms with Gasteiger partial charge in [0.2, 0.25) is 5.91 Å². The fourth-order valence-corrected chi connectivity index (χ4v) is 3.91. The van der Waals surface area contributed by atoms with Crippen LogP contribution in [0.25, 0.3) is 5.69 Å². The monoisotopic (exact) mass is 462 g/mol. The summed E-state index contributed by atoms with van der Waals surface area (Å²) >= 11 is 0. The molecule has 0 radical (unpaired) electrons. The molecule has 2 heterocycles. The lowest BCUT2D eigenvalue weighted by molar-refractivity contribution is -0.384. The van der Waals surface area contributed by atoms with E-state index in [9.17, 15) is 19.7 Å². The Kier molecular flexibility index (Phi) is 6.86. The first-order valence-corrected chi connectivity index (χ1v) is 11.1. The Morgan fingerprint density at radius 1 is 1.12 bits per heavy atom. The number of nitrogens with zero attached hydrogens (tertiary/aromatic N) is 4. The number of nitro groups is 1. The highest BCUT2D eigenvalue weighted by atomic mass is 16.6. The number of hydrogen-bond acceptors (Lipinski definition) is 6. The molecule has 2 aromatic carbocycles. The van der Waals surface area contributed by atoms with Gasteiger partial charge in [-0.2, -0.15) is 5.10 Å². The molecule has 0 bridgehead atoms. The van der Waals surface area contributed by atoms with Gasteiger partial charge in [0.1, 0.15) is 0 Å². The zero-order valence-corrected chi connectivity index (χ0v) is 18.8. The molecule has 2 amide bonds. The van der Waals surface area contributed by atoms with Gasteiger partial charge in [0, 0.05) is 55.3 Å². The summed E-state index contributed by atoms with van der Waals surface area (Å²) in [6, 6.07) is 13.3.